The van der Waals surface area contributed by atoms with Gasteiger partial charge >= 0.3 is 0 Å². The van der Waals surface area contributed by atoms with Crippen LogP contribution in [0.4, 0.5) is 0 Å². The van der Waals surface area contributed by atoms with E-state index in [1.165, 1.54) is 0 Å². The first kappa shape index (κ1) is 13.8. The van der Waals surface area contributed by atoms with E-state index in [2.05, 4.69) is 0 Å². The van der Waals surface area contributed by atoms with Gasteiger partial charge in [0, 0.05) is 6.61 Å². The van der Waals surface area contributed by atoms with Crippen molar-refractivity contribution in [2.45, 2.75) is 50.5 Å². The first-order valence-corrected chi connectivity index (χ1v) is 5.54. The van der Waals surface area contributed by atoms with Crippen molar-refractivity contribution in [3.63, 3.8) is 0 Å². The second-order valence-electron chi connectivity index (χ2n) is 3.92. The first-order valence-electron chi connectivity index (χ1n) is 5.54. The molecule has 0 spiro atoms. The highest BCUT2D eigenvalue weighted by atomic mass is 16.7. The molecule has 1 fully saturated rings. The highest BCUT2D eigenvalue weighted by Gasteiger charge is 2.43. The van der Waals surface area contributed by atoms with E-state index in [9.17, 15) is 15.3 Å². The fourth-order valence-electron chi connectivity index (χ4n) is 1.55. The highest BCUT2D eigenvalue weighted by Crippen LogP contribution is 2.21. The summed E-state index contributed by atoms with van der Waals surface area (Å²) >= 11 is 0. The second kappa shape index (κ2) is 6.48. The Kier molecular flexibility index (Phi) is 5.60. The molecule has 1 rings (SSSR count). The lowest BCUT2D eigenvalue weighted by atomic mass is 9.99. The molecule has 0 radical (unpaired) electrons. The van der Waals surface area contributed by atoms with Crippen LogP contribution in [0.5, 0.6) is 0 Å². The van der Waals surface area contributed by atoms with Crippen LogP contribution in [0.15, 0.2) is 0 Å². The van der Waals surface area contributed by atoms with Gasteiger partial charge in [0.25, 0.3) is 0 Å². The quantitative estimate of drug-likeness (QED) is 0.438. The molecule has 96 valence electrons. The molecule has 0 saturated carbocycles. The van der Waals surface area contributed by atoms with Gasteiger partial charge in [-0.05, 0) is 6.42 Å². The molecule has 0 aromatic heterocycles. The summed E-state index contributed by atoms with van der Waals surface area (Å²) in [5.74, 6) is 0. The Morgan fingerprint density at radius 2 is 1.81 bits per heavy atom. The number of unbranched alkanes of at least 4 members (excludes halogenated alkanes) is 1. The Bertz CT molecular complexity index is 198. The highest BCUT2D eigenvalue weighted by molar-refractivity contribution is 4.88. The van der Waals surface area contributed by atoms with Gasteiger partial charge in [0.05, 0.1) is 6.61 Å². The summed E-state index contributed by atoms with van der Waals surface area (Å²) in [6.07, 6.45) is -4.13. The molecular weight excluding hydrogens is 216 g/mol. The van der Waals surface area contributed by atoms with Crippen molar-refractivity contribution in [2.75, 3.05) is 13.2 Å². The molecule has 0 bridgehead atoms. The van der Waals surface area contributed by atoms with Crippen LogP contribution in [0, 0.1) is 0 Å². The van der Waals surface area contributed by atoms with Crippen molar-refractivity contribution in [1.29, 1.82) is 0 Å². The van der Waals surface area contributed by atoms with E-state index in [4.69, 9.17) is 14.6 Å². The fraction of sp³-hybridized carbons (Fsp3) is 1.00. The third kappa shape index (κ3) is 3.13. The summed E-state index contributed by atoms with van der Waals surface area (Å²) < 4.78 is 10.4. The van der Waals surface area contributed by atoms with Crippen LogP contribution in [0.1, 0.15) is 19.8 Å². The minimum absolute atomic E-state index is 0.402. The number of hydrogen-bond acceptors (Lipinski definition) is 6. The summed E-state index contributed by atoms with van der Waals surface area (Å²) in [6.45, 7) is 1.97. The standard InChI is InChI=1S/C10H20O6/c1-2-3-4-15-10-9(14)8(13)7(12)6(5-11)16-10/h6-14H,2-5H2,1H3/t6?,7-,8?,9+,10?/m1/s1. The molecule has 6 heteroatoms. The van der Waals surface area contributed by atoms with E-state index in [-0.39, 0.29) is 0 Å². The molecule has 3 unspecified atom stereocenters. The summed E-state index contributed by atoms with van der Waals surface area (Å²) in [6, 6.07) is 0. The van der Waals surface area contributed by atoms with Gasteiger partial charge in [0.2, 0.25) is 0 Å². The van der Waals surface area contributed by atoms with E-state index in [1.807, 2.05) is 6.92 Å². The van der Waals surface area contributed by atoms with Crippen LogP contribution in [-0.4, -0.2) is 64.3 Å². The van der Waals surface area contributed by atoms with Crippen molar-refractivity contribution in [3.8, 4) is 0 Å². The monoisotopic (exact) mass is 236 g/mol. The first-order chi connectivity index (χ1) is 7.61. The Hall–Kier alpha value is -0.240. The average molecular weight is 236 g/mol. The van der Waals surface area contributed by atoms with Crippen LogP contribution in [-0.2, 0) is 9.47 Å². The van der Waals surface area contributed by atoms with Gasteiger partial charge in [-0.25, -0.2) is 0 Å². The minimum Gasteiger partial charge on any atom is -0.394 e. The van der Waals surface area contributed by atoms with E-state index in [0.29, 0.717) is 6.61 Å². The second-order valence-corrected chi connectivity index (χ2v) is 3.92. The molecule has 0 aromatic rings. The minimum atomic E-state index is -1.36. The maximum Gasteiger partial charge on any atom is 0.186 e. The van der Waals surface area contributed by atoms with Gasteiger partial charge in [0.1, 0.15) is 24.4 Å². The van der Waals surface area contributed by atoms with E-state index < -0.39 is 37.3 Å². The molecule has 16 heavy (non-hydrogen) atoms. The maximum absolute atomic E-state index is 9.58. The third-order valence-electron chi connectivity index (χ3n) is 2.63. The van der Waals surface area contributed by atoms with Crippen LogP contribution < -0.4 is 0 Å². The van der Waals surface area contributed by atoms with Gasteiger partial charge < -0.3 is 29.9 Å². The van der Waals surface area contributed by atoms with Gasteiger partial charge in [-0.2, -0.15) is 0 Å². The molecule has 6 nitrogen and oxygen atoms in total. The normalized spacial score (nSPS) is 39.9. The molecule has 0 amide bonds. The fourth-order valence-corrected chi connectivity index (χ4v) is 1.55. The Morgan fingerprint density at radius 1 is 1.12 bits per heavy atom. The number of aliphatic hydroxyl groups excluding tert-OH is 4. The third-order valence-corrected chi connectivity index (χ3v) is 2.63. The predicted molar refractivity (Wildman–Crippen MR) is 54.6 cm³/mol. The lowest BCUT2D eigenvalue weighted by Crippen LogP contribution is -2.59. The van der Waals surface area contributed by atoms with Crippen LogP contribution in [0.25, 0.3) is 0 Å². The SMILES string of the molecule is CCCCOC1OC(CO)[C@@H](O)C(O)[C@@H]1O. The summed E-state index contributed by atoms with van der Waals surface area (Å²) in [7, 11) is 0. The summed E-state index contributed by atoms with van der Waals surface area (Å²) in [5, 5.41) is 37.5. The smallest absolute Gasteiger partial charge is 0.186 e. The largest absolute Gasteiger partial charge is 0.394 e. The lowest BCUT2D eigenvalue weighted by Gasteiger charge is -2.39. The van der Waals surface area contributed by atoms with E-state index in [1.54, 1.807) is 0 Å². The molecule has 1 saturated heterocycles. The maximum atomic E-state index is 9.58. The molecule has 4 N–H and O–H groups in total. The van der Waals surface area contributed by atoms with Gasteiger partial charge in [-0.1, -0.05) is 13.3 Å². The zero-order valence-corrected chi connectivity index (χ0v) is 9.32. The molecular formula is C10H20O6. The van der Waals surface area contributed by atoms with Crippen molar-refractivity contribution in [2.24, 2.45) is 0 Å². The van der Waals surface area contributed by atoms with Crippen LogP contribution in [0.2, 0.25) is 0 Å². The topological polar surface area (TPSA) is 99.4 Å². The molecule has 1 aliphatic heterocycles. The van der Waals surface area contributed by atoms with Crippen molar-refractivity contribution < 1.29 is 29.9 Å². The van der Waals surface area contributed by atoms with E-state index in [0.717, 1.165) is 12.8 Å². The summed E-state index contributed by atoms with van der Waals surface area (Å²) in [5.41, 5.74) is 0. The molecule has 0 aliphatic carbocycles. The average Bonchev–Trinajstić information content (AvgIpc) is 2.29. The Balaban J connectivity index is 2.50. The van der Waals surface area contributed by atoms with Crippen molar-refractivity contribution in [3.05, 3.63) is 0 Å². The molecule has 1 aliphatic rings. The van der Waals surface area contributed by atoms with Gasteiger partial charge in [-0.15, -0.1) is 0 Å². The zero-order chi connectivity index (χ0) is 12.1. The van der Waals surface area contributed by atoms with E-state index >= 15 is 0 Å². The van der Waals surface area contributed by atoms with Crippen LogP contribution in [0.3, 0.4) is 0 Å². The van der Waals surface area contributed by atoms with Crippen LogP contribution >= 0.6 is 0 Å². The number of rotatable bonds is 5. The Labute approximate surface area is 94.4 Å². The molecule has 5 atom stereocenters. The number of aliphatic hydroxyl groups is 4. The number of ether oxygens (including phenoxy) is 2. The molecule has 0 aromatic carbocycles. The number of hydrogen-bond donors (Lipinski definition) is 4. The van der Waals surface area contributed by atoms with Gasteiger partial charge in [0.15, 0.2) is 6.29 Å². The lowest BCUT2D eigenvalue weighted by molar-refractivity contribution is -0.301. The van der Waals surface area contributed by atoms with Crippen molar-refractivity contribution >= 4 is 0 Å². The summed E-state index contributed by atoms with van der Waals surface area (Å²) in [4.78, 5) is 0. The van der Waals surface area contributed by atoms with Gasteiger partial charge in [-0.3, -0.25) is 0 Å². The molecule has 1 heterocycles. The predicted octanol–water partition coefficient (Wildman–Crippen LogP) is -1.40. The van der Waals surface area contributed by atoms with Crippen molar-refractivity contribution in [1.82, 2.24) is 0 Å². The Morgan fingerprint density at radius 3 is 2.38 bits per heavy atom. The zero-order valence-electron chi connectivity index (χ0n) is 9.32.